The molecule has 1 saturated heterocycles. The van der Waals surface area contributed by atoms with E-state index in [1.54, 1.807) is 12.0 Å². The van der Waals surface area contributed by atoms with Gasteiger partial charge < -0.3 is 19.5 Å². The Balaban J connectivity index is 1.98. The fourth-order valence-corrected chi connectivity index (χ4v) is 2.56. The van der Waals surface area contributed by atoms with Crippen LogP contribution in [0.4, 0.5) is 0 Å². The Morgan fingerprint density at radius 2 is 2.18 bits per heavy atom. The minimum atomic E-state index is -0.904. The van der Waals surface area contributed by atoms with Crippen molar-refractivity contribution in [2.75, 3.05) is 26.8 Å². The third kappa shape index (κ3) is 3.69. The molecule has 1 aromatic carbocycles. The molecule has 1 aliphatic heterocycles. The van der Waals surface area contributed by atoms with Crippen LogP contribution in [0, 0.1) is 5.92 Å². The third-order valence-electron chi connectivity index (χ3n) is 3.76. The number of aliphatic carboxylic acids is 1. The lowest BCUT2D eigenvalue weighted by Crippen LogP contribution is -2.28. The van der Waals surface area contributed by atoms with E-state index >= 15 is 0 Å². The van der Waals surface area contributed by atoms with Gasteiger partial charge in [0.15, 0.2) is 11.5 Å². The summed E-state index contributed by atoms with van der Waals surface area (Å²) in [5.41, 5.74) is 1.02. The Kier molecular flexibility index (Phi) is 5.25. The van der Waals surface area contributed by atoms with Crippen molar-refractivity contribution in [2.24, 2.45) is 5.92 Å². The number of carbonyl (C=O) groups is 2. The monoisotopic (exact) mass is 307 g/mol. The summed E-state index contributed by atoms with van der Waals surface area (Å²) < 4.78 is 10.8. The molecule has 0 bridgehead atoms. The number of hydrogen-bond acceptors (Lipinski definition) is 4. The normalized spacial score (nSPS) is 17.6. The van der Waals surface area contributed by atoms with Crippen LogP contribution in [0.5, 0.6) is 11.5 Å². The maximum Gasteiger partial charge on any atom is 0.308 e. The fraction of sp³-hybridized carbons (Fsp3) is 0.500. The predicted molar refractivity (Wildman–Crippen MR) is 80.2 cm³/mol. The standard InChI is InChI=1S/C16H21NO5/c1-3-22-14-8-11(4-5-13(14)21-2)6-7-17-10-12(16(19)20)9-15(17)18/h4-5,8,12H,3,6-7,9-10H2,1-2H3,(H,19,20). The van der Waals surface area contributed by atoms with E-state index in [4.69, 9.17) is 14.6 Å². The summed E-state index contributed by atoms with van der Waals surface area (Å²) in [7, 11) is 1.59. The van der Waals surface area contributed by atoms with Crippen molar-refractivity contribution in [3.8, 4) is 11.5 Å². The molecule has 0 spiro atoms. The van der Waals surface area contributed by atoms with Crippen LogP contribution in [0.3, 0.4) is 0 Å². The average Bonchev–Trinajstić information content (AvgIpc) is 2.87. The van der Waals surface area contributed by atoms with Gasteiger partial charge in [-0.05, 0) is 31.0 Å². The van der Waals surface area contributed by atoms with Gasteiger partial charge in [0.25, 0.3) is 0 Å². The highest BCUT2D eigenvalue weighted by Gasteiger charge is 2.33. The lowest BCUT2D eigenvalue weighted by Gasteiger charge is -2.16. The highest BCUT2D eigenvalue weighted by Crippen LogP contribution is 2.28. The van der Waals surface area contributed by atoms with Crippen LogP contribution >= 0.6 is 0 Å². The van der Waals surface area contributed by atoms with Crippen LogP contribution in [-0.2, 0) is 16.0 Å². The van der Waals surface area contributed by atoms with Crippen LogP contribution in [0.2, 0.25) is 0 Å². The van der Waals surface area contributed by atoms with Gasteiger partial charge in [-0.2, -0.15) is 0 Å². The zero-order valence-electron chi connectivity index (χ0n) is 12.9. The van der Waals surface area contributed by atoms with E-state index in [1.165, 1.54) is 0 Å². The van der Waals surface area contributed by atoms with Gasteiger partial charge in [0.1, 0.15) is 0 Å². The Labute approximate surface area is 129 Å². The highest BCUT2D eigenvalue weighted by atomic mass is 16.5. The average molecular weight is 307 g/mol. The summed E-state index contributed by atoms with van der Waals surface area (Å²) in [6.45, 7) is 3.26. The van der Waals surface area contributed by atoms with Crippen LogP contribution in [-0.4, -0.2) is 48.7 Å². The first-order valence-corrected chi connectivity index (χ1v) is 7.35. The zero-order valence-corrected chi connectivity index (χ0v) is 12.9. The van der Waals surface area contributed by atoms with E-state index in [1.807, 2.05) is 25.1 Å². The van der Waals surface area contributed by atoms with Gasteiger partial charge in [0.2, 0.25) is 5.91 Å². The molecule has 0 saturated carbocycles. The van der Waals surface area contributed by atoms with Crippen molar-refractivity contribution in [3.63, 3.8) is 0 Å². The molecular formula is C16H21NO5. The van der Waals surface area contributed by atoms with Gasteiger partial charge in [-0.25, -0.2) is 0 Å². The zero-order chi connectivity index (χ0) is 16.1. The molecule has 0 radical (unpaired) electrons. The van der Waals surface area contributed by atoms with E-state index in [0.717, 1.165) is 5.56 Å². The summed E-state index contributed by atoms with van der Waals surface area (Å²) in [5, 5.41) is 8.98. The molecule has 1 amide bonds. The molecule has 6 nitrogen and oxygen atoms in total. The van der Waals surface area contributed by atoms with Crippen molar-refractivity contribution in [1.82, 2.24) is 4.90 Å². The molecule has 1 atom stereocenters. The first kappa shape index (κ1) is 16.1. The van der Waals surface area contributed by atoms with Crippen molar-refractivity contribution < 1.29 is 24.2 Å². The van der Waals surface area contributed by atoms with Crippen LogP contribution < -0.4 is 9.47 Å². The number of amides is 1. The Hall–Kier alpha value is -2.24. The molecule has 1 aliphatic rings. The molecule has 0 aliphatic carbocycles. The largest absolute Gasteiger partial charge is 0.493 e. The predicted octanol–water partition coefficient (Wildman–Crippen LogP) is 1.57. The molecule has 1 fully saturated rings. The lowest BCUT2D eigenvalue weighted by molar-refractivity contribution is -0.141. The quantitative estimate of drug-likeness (QED) is 0.827. The van der Waals surface area contributed by atoms with Crippen LogP contribution in [0.1, 0.15) is 18.9 Å². The van der Waals surface area contributed by atoms with Crippen LogP contribution in [0.25, 0.3) is 0 Å². The van der Waals surface area contributed by atoms with Gasteiger partial charge in [-0.15, -0.1) is 0 Å². The maximum atomic E-state index is 11.8. The van der Waals surface area contributed by atoms with E-state index in [2.05, 4.69) is 0 Å². The van der Waals surface area contributed by atoms with Crippen LogP contribution in [0.15, 0.2) is 18.2 Å². The molecular weight excluding hydrogens is 286 g/mol. The molecule has 120 valence electrons. The molecule has 22 heavy (non-hydrogen) atoms. The second-order valence-electron chi connectivity index (χ2n) is 5.25. The number of methoxy groups -OCH3 is 1. The summed E-state index contributed by atoms with van der Waals surface area (Å²) in [6, 6.07) is 5.67. The topological polar surface area (TPSA) is 76.1 Å². The van der Waals surface area contributed by atoms with E-state index in [9.17, 15) is 9.59 Å². The summed E-state index contributed by atoms with van der Waals surface area (Å²) in [6.07, 6.45) is 0.754. The number of ether oxygens (including phenoxy) is 2. The SMILES string of the molecule is CCOc1cc(CCN2CC(C(=O)O)CC2=O)ccc1OC. The molecule has 1 N–H and O–H groups in total. The third-order valence-corrected chi connectivity index (χ3v) is 3.76. The lowest BCUT2D eigenvalue weighted by atomic mass is 10.1. The van der Waals surface area contributed by atoms with Gasteiger partial charge >= 0.3 is 5.97 Å². The molecule has 1 unspecified atom stereocenters. The summed E-state index contributed by atoms with van der Waals surface area (Å²) in [5.74, 6) is -0.223. The Morgan fingerprint density at radius 1 is 1.41 bits per heavy atom. The first-order chi connectivity index (χ1) is 10.5. The molecule has 1 heterocycles. The summed E-state index contributed by atoms with van der Waals surface area (Å²) in [4.78, 5) is 24.4. The van der Waals surface area contributed by atoms with Gasteiger partial charge in [-0.3, -0.25) is 9.59 Å². The molecule has 6 heteroatoms. The molecule has 0 aromatic heterocycles. The summed E-state index contributed by atoms with van der Waals surface area (Å²) >= 11 is 0. The van der Waals surface area contributed by atoms with Gasteiger partial charge in [0, 0.05) is 19.5 Å². The minimum absolute atomic E-state index is 0.0917. The van der Waals surface area contributed by atoms with Crippen molar-refractivity contribution in [2.45, 2.75) is 19.8 Å². The number of carboxylic acid groups (broad SMARTS) is 1. The minimum Gasteiger partial charge on any atom is -0.493 e. The highest BCUT2D eigenvalue weighted by molar-refractivity contribution is 5.86. The number of hydrogen-bond donors (Lipinski definition) is 1. The van der Waals surface area contributed by atoms with Crippen molar-refractivity contribution in [1.29, 1.82) is 0 Å². The maximum absolute atomic E-state index is 11.8. The Bertz CT molecular complexity index is 557. The number of likely N-dealkylation sites (tertiary alicyclic amines) is 1. The molecule has 2 rings (SSSR count). The number of carboxylic acids is 1. The second-order valence-corrected chi connectivity index (χ2v) is 5.25. The number of nitrogens with zero attached hydrogens (tertiary/aromatic N) is 1. The smallest absolute Gasteiger partial charge is 0.308 e. The second kappa shape index (κ2) is 7.15. The van der Waals surface area contributed by atoms with Gasteiger partial charge in [0.05, 0.1) is 19.6 Å². The first-order valence-electron chi connectivity index (χ1n) is 7.35. The van der Waals surface area contributed by atoms with E-state index < -0.39 is 11.9 Å². The fourth-order valence-electron chi connectivity index (χ4n) is 2.56. The van der Waals surface area contributed by atoms with Gasteiger partial charge in [-0.1, -0.05) is 6.07 Å². The number of carbonyl (C=O) groups excluding carboxylic acids is 1. The number of rotatable bonds is 7. The van der Waals surface area contributed by atoms with Crippen molar-refractivity contribution in [3.05, 3.63) is 23.8 Å². The Morgan fingerprint density at radius 3 is 2.77 bits per heavy atom. The van der Waals surface area contributed by atoms with E-state index in [-0.39, 0.29) is 12.3 Å². The molecule has 1 aromatic rings. The van der Waals surface area contributed by atoms with E-state index in [0.29, 0.717) is 37.6 Å². The van der Waals surface area contributed by atoms with Crippen molar-refractivity contribution >= 4 is 11.9 Å². The number of benzene rings is 1.